The maximum Gasteiger partial charge on any atom is 0.308 e. The highest BCUT2D eigenvalue weighted by molar-refractivity contribution is 7.87. The predicted octanol–water partition coefficient (Wildman–Crippen LogP) is 3.63. The lowest BCUT2D eigenvalue weighted by molar-refractivity contribution is -0.226. The predicted molar refractivity (Wildman–Crippen MR) is 170 cm³/mol. The van der Waals surface area contributed by atoms with Crippen molar-refractivity contribution in [3.05, 3.63) is 126 Å². The van der Waals surface area contributed by atoms with Crippen molar-refractivity contribution in [1.82, 2.24) is 23.2 Å². The first-order chi connectivity index (χ1) is 22.2. The van der Waals surface area contributed by atoms with E-state index in [-0.39, 0.29) is 30.8 Å². The zero-order chi connectivity index (χ0) is 32.1. The molecule has 3 aliphatic rings. The summed E-state index contributed by atoms with van der Waals surface area (Å²) in [6, 6.07) is 28.4. The molecule has 46 heavy (non-hydrogen) atoms. The van der Waals surface area contributed by atoms with Gasteiger partial charge in [0.15, 0.2) is 5.54 Å². The summed E-state index contributed by atoms with van der Waals surface area (Å²) in [5, 5.41) is 1.43. The second kappa shape index (κ2) is 11.6. The van der Waals surface area contributed by atoms with E-state index in [0.717, 1.165) is 25.0 Å². The van der Waals surface area contributed by atoms with Crippen molar-refractivity contribution in [2.75, 3.05) is 20.7 Å². The second-order valence-electron chi connectivity index (χ2n) is 12.2. The second-order valence-corrected chi connectivity index (χ2v) is 14.2. The highest BCUT2D eigenvalue weighted by Crippen LogP contribution is 2.56. The van der Waals surface area contributed by atoms with Crippen LogP contribution in [0.3, 0.4) is 0 Å². The number of nitrogens with zero attached hydrogens (tertiary/aromatic N) is 6. The van der Waals surface area contributed by atoms with E-state index in [1.165, 1.54) is 31.7 Å². The minimum atomic E-state index is -3.89. The zero-order valence-corrected chi connectivity index (χ0v) is 26.3. The first-order valence-corrected chi connectivity index (χ1v) is 16.5. The number of hydroxylamine groups is 2. The Kier molecular flexibility index (Phi) is 7.58. The molecular weight excluding hydrogens is 604 g/mol. The summed E-state index contributed by atoms with van der Waals surface area (Å²) >= 11 is 0. The summed E-state index contributed by atoms with van der Waals surface area (Å²) in [6.45, 7) is 0.500. The number of rotatable bonds is 8. The Morgan fingerprint density at radius 3 is 2.15 bits per heavy atom. The monoisotopic (exact) mass is 638 g/mol. The molecule has 3 aromatic carbocycles. The number of carbonyl (C=O) groups is 2. The quantitative estimate of drug-likeness (QED) is 0.291. The van der Waals surface area contributed by atoms with Crippen molar-refractivity contribution in [2.24, 2.45) is 16.8 Å². The minimum Gasteiger partial charge on any atom is -0.297 e. The van der Waals surface area contributed by atoms with Gasteiger partial charge in [-0.05, 0) is 23.1 Å². The van der Waals surface area contributed by atoms with E-state index in [2.05, 4.69) is 4.98 Å². The van der Waals surface area contributed by atoms with E-state index in [0.29, 0.717) is 12.2 Å². The fraction of sp³-hybridized carbons (Fsp3) is 0.294. The number of hydrogen-bond donors (Lipinski definition) is 0. The van der Waals surface area contributed by atoms with E-state index >= 15 is 0 Å². The van der Waals surface area contributed by atoms with E-state index in [1.54, 1.807) is 11.2 Å². The third kappa shape index (κ3) is 4.93. The van der Waals surface area contributed by atoms with Crippen LogP contribution in [0.25, 0.3) is 0 Å². The Bertz CT molecular complexity index is 1840. The maximum absolute atomic E-state index is 14.8. The SMILES string of the molecule is CN(C)S(=O)(=O)n1cnc([C@H]2[C@@H]3C(=O)N(C(c4ccccc4)c4ccccc4)OC[C@H]3C[C@@]23N=CN(Cc2ccccc2)C3=O)c1. The number of carbonyl (C=O) groups excluding carboxylic acids is 2. The molecule has 1 spiro atoms. The molecule has 7 rings (SSSR count). The average molecular weight is 639 g/mol. The van der Waals surface area contributed by atoms with Crippen LogP contribution >= 0.6 is 0 Å². The molecule has 0 unspecified atom stereocenters. The standard InChI is InChI=1S/C34H34N6O5S/c1-37(2)46(43,44)39-20-28(35-22-39)30-29-27(18-34(30)33(42)38(23-36-34)19-24-12-6-3-7-13-24)21-45-40(32(29)41)31(25-14-8-4-9-15-25)26-16-10-5-11-17-26/h3-17,20,22-23,27,29-31H,18-19,21H2,1-2H3/t27-,29-,30+,34-/m1/s1. The van der Waals surface area contributed by atoms with Crippen molar-refractivity contribution >= 4 is 28.4 Å². The van der Waals surface area contributed by atoms with Crippen molar-refractivity contribution < 1.29 is 22.8 Å². The van der Waals surface area contributed by atoms with Gasteiger partial charge in [0, 0.05) is 32.1 Å². The lowest BCUT2D eigenvalue weighted by Gasteiger charge is -2.40. The van der Waals surface area contributed by atoms with Crippen LogP contribution in [-0.4, -0.2) is 76.0 Å². The summed E-state index contributed by atoms with van der Waals surface area (Å²) in [7, 11) is -1.03. The fourth-order valence-electron chi connectivity index (χ4n) is 7.05. The molecule has 0 N–H and O–H groups in total. The molecule has 1 saturated carbocycles. The Balaban J connectivity index is 1.31. The third-order valence-corrected chi connectivity index (χ3v) is 10.9. The van der Waals surface area contributed by atoms with E-state index < -0.39 is 33.6 Å². The number of benzene rings is 3. The Labute approximate surface area is 267 Å². The molecule has 2 fully saturated rings. The molecule has 0 bridgehead atoms. The van der Waals surface area contributed by atoms with Crippen molar-refractivity contribution in [3.63, 3.8) is 0 Å². The lowest BCUT2D eigenvalue weighted by atomic mass is 9.79. The van der Waals surface area contributed by atoms with Gasteiger partial charge in [-0.3, -0.25) is 24.3 Å². The van der Waals surface area contributed by atoms with Crippen LogP contribution in [0.4, 0.5) is 0 Å². The topological polar surface area (TPSA) is 117 Å². The average Bonchev–Trinajstić information content (AvgIpc) is 3.77. The maximum atomic E-state index is 14.8. The van der Waals surface area contributed by atoms with Gasteiger partial charge in [0.05, 0.1) is 31.1 Å². The number of hydrogen-bond acceptors (Lipinski definition) is 7. The molecule has 236 valence electrons. The van der Waals surface area contributed by atoms with Crippen LogP contribution in [0, 0.1) is 11.8 Å². The molecule has 12 heteroatoms. The third-order valence-electron chi connectivity index (χ3n) is 9.23. The molecule has 1 aliphatic carbocycles. The van der Waals surface area contributed by atoms with Gasteiger partial charge < -0.3 is 0 Å². The van der Waals surface area contributed by atoms with Crippen molar-refractivity contribution in [3.8, 4) is 0 Å². The first-order valence-electron chi connectivity index (χ1n) is 15.1. The fourth-order valence-corrected chi connectivity index (χ4v) is 7.84. The Morgan fingerprint density at radius 1 is 0.935 bits per heavy atom. The van der Waals surface area contributed by atoms with Gasteiger partial charge in [0.2, 0.25) is 0 Å². The smallest absolute Gasteiger partial charge is 0.297 e. The van der Waals surface area contributed by atoms with Gasteiger partial charge in [-0.2, -0.15) is 12.7 Å². The van der Waals surface area contributed by atoms with Crippen LogP contribution in [0.2, 0.25) is 0 Å². The molecule has 1 saturated heterocycles. The lowest BCUT2D eigenvalue weighted by Crippen LogP contribution is -2.49. The Hall–Kier alpha value is -4.65. The summed E-state index contributed by atoms with van der Waals surface area (Å²) in [5.41, 5.74) is 1.64. The molecule has 4 aromatic rings. The number of imidazole rings is 1. The minimum absolute atomic E-state index is 0.184. The Morgan fingerprint density at radius 2 is 1.54 bits per heavy atom. The number of amides is 2. The van der Waals surface area contributed by atoms with E-state index in [4.69, 9.17) is 9.83 Å². The van der Waals surface area contributed by atoms with Gasteiger partial charge in [0.25, 0.3) is 11.8 Å². The molecule has 4 atom stereocenters. The number of aromatic nitrogens is 2. The van der Waals surface area contributed by atoms with Gasteiger partial charge in [-0.1, -0.05) is 91.0 Å². The molecule has 1 aromatic heterocycles. The van der Waals surface area contributed by atoms with Crippen LogP contribution in [0.15, 0.2) is 109 Å². The zero-order valence-electron chi connectivity index (χ0n) is 25.5. The molecule has 0 radical (unpaired) electrons. The highest BCUT2D eigenvalue weighted by Gasteiger charge is 2.66. The largest absolute Gasteiger partial charge is 0.308 e. The summed E-state index contributed by atoms with van der Waals surface area (Å²) in [6.07, 6.45) is 4.44. The van der Waals surface area contributed by atoms with Crippen LogP contribution in [0.1, 0.15) is 40.8 Å². The van der Waals surface area contributed by atoms with Crippen LogP contribution in [0.5, 0.6) is 0 Å². The molecule has 2 aliphatic heterocycles. The van der Waals surface area contributed by atoms with Crippen molar-refractivity contribution in [2.45, 2.75) is 30.5 Å². The van der Waals surface area contributed by atoms with Gasteiger partial charge in [0.1, 0.15) is 12.4 Å². The van der Waals surface area contributed by atoms with Crippen LogP contribution in [-0.2, 0) is 31.2 Å². The van der Waals surface area contributed by atoms with Gasteiger partial charge >= 0.3 is 10.2 Å². The normalized spacial score (nSPS) is 24.5. The number of fused-ring (bicyclic) bond motifs is 1. The molecular formula is C34H34N6O5S. The first kappa shape index (κ1) is 30.0. The molecule has 3 heterocycles. The van der Waals surface area contributed by atoms with E-state index in [9.17, 15) is 18.0 Å². The summed E-state index contributed by atoms with van der Waals surface area (Å²) in [5.74, 6) is -2.47. The number of aliphatic imine (C=N–C) groups is 1. The van der Waals surface area contributed by atoms with Gasteiger partial charge in [-0.25, -0.2) is 14.0 Å². The highest BCUT2D eigenvalue weighted by atomic mass is 32.2. The summed E-state index contributed by atoms with van der Waals surface area (Å²) < 4.78 is 28.2. The molecule has 2 amide bonds. The molecule has 11 nitrogen and oxygen atoms in total. The van der Waals surface area contributed by atoms with Gasteiger partial charge in [-0.15, -0.1) is 0 Å². The van der Waals surface area contributed by atoms with Crippen LogP contribution < -0.4 is 0 Å². The van der Waals surface area contributed by atoms with E-state index in [1.807, 2.05) is 91.0 Å². The van der Waals surface area contributed by atoms with Crippen molar-refractivity contribution in [1.29, 1.82) is 0 Å². The summed E-state index contributed by atoms with van der Waals surface area (Å²) in [4.78, 5) is 46.4.